The zero-order valence-corrected chi connectivity index (χ0v) is 15.8. The SMILES string of the molecule is Cn1c(SCc2noc(C(C)(C)C)n2)nnc1[C@H]1CCS(=O)(=O)C1. The van der Waals surface area contributed by atoms with Crippen LogP contribution in [-0.4, -0.2) is 44.8 Å². The second-order valence-electron chi connectivity index (χ2n) is 7.05. The Labute approximate surface area is 145 Å². The van der Waals surface area contributed by atoms with Gasteiger partial charge in [0.15, 0.2) is 20.8 Å². The molecule has 0 radical (unpaired) electrons. The quantitative estimate of drug-likeness (QED) is 0.748. The first kappa shape index (κ1) is 17.4. The van der Waals surface area contributed by atoms with Crippen LogP contribution in [0.5, 0.6) is 0 Å². The lowest BCUT2D eigenvalue weighted by molar-refractivity contribution is 0.319. The molecule has 0 aromatic carbocycles. The minimum absolute atomic E-state index is 0.0699. The van der Waals surface area contributed by atoms with Gasteiger partial charge >= 0.3 is 0 Å². The van der Waals surface area contributed by atoms with E-state index in [1.807, 2.05) is 32.4 Å². The fourth-order valence-corrected chi connectivity index (χ4v) is 5.05. The molecule has 0 amide bonds. The lowest BCUT2D eigenvalue weighted by atomic mass is 9.97. The van der Waals surface area contributed by atoms with E-state index in [4.69, 9.17) is 4.52 Å². The van der Waals surface area contributed by atoms with Crippen LogP contribution in [0, 0.1) is 0 Å². The summed E-state index contributed by atoms with van der Waals surface area (Å²) in [5.74, 6) is 2.77. The largest absolute Gasteiger partial charge is 0.339 e. The van der Waals surface area contributed by atoms with Gasteiger partial charge in [-0.1, -0.05) is 37.7 Å². The molecule has 8 nitrogen and oxygen atoms in total. The molecule has 2 aromatic heterocycles. The molecule has 0 aliphatic carbocycles. The lowest BCUT2D eigenvalue weighted by Gasteiger charge is -2.10. The third-order valence-corrected chi connectivity index (χ3v) is 6.69. The van der Waals surface area contributed by atoms with Crippen molar-refractivity contribution in [3.63, 3.8) is 0 Å². The minimum Gasteiger partial charge on any atom is -0.339 e. The molecule has 10 heteroatoms. The molecule has 0 N–H and O–H groups in total. The van der Waals surface area contributed by atoms with E-state index < -0.39 is 9.84 Å². The zero-order chi connectivity index (χ0) is 17.5. The zero-order valence-electron chi connectivity index (χ0n) is 14.2. The van der Waals surface area contributed by atoms with E-state index in [1.54, 1.807) is 0 Å². The van der Waals surface area contributed by atoms with Gasteiger partial charge in [-0.2, -0.15) is 4.98 Å². The van der Waals surface area contributed by atoms with E-state index >= 15 is 0 Å². The number of thioether (sulfide) groups is 1. The standard InChI is InChI=1S/C14H21N5O3S2/c1-14(2,3)12-15-10(18-22-12)7-23-13-17-16-11(19(13)4)9-5-6-24(20,21)8-9/h9H,5-8H2,1-4H3/t9-/m0/s1. The molecule has 1 atom stereocenters. The van der Waals surface area contributed by atoms with Crippen LogP contribution in [0.4, 0.5) is 0 Å². The molecule has 0 spiro atoms. The van der Waals surface area contributed by atoms with Crippen molar-refractivity contribution in [2.45, 2.75) is 49.4 Å². The van der Waals surface area contributed by atoms with Crippen molar-refractivity contribution >= 4 is 21.6 Å². The third kappa shape index (κ3) is 3.64. The molecule has 0 saturated carbocycles. The Kier molecular flexibility index (Phi) is 4.45. The van der Waals surface area contributed by atoms with E-state index in [0.717, 1.165) is 11.0 Å². The van der Waals surface area contributed by atoms with Crippen molar-refractivity contribution in [1.29, 1.82) is 0 Å². The topological polar surface area (TPSA) is 104 Å². The first-order valence-corrected chi connectivity index (χ1v) is 10.5. The van der Waals surface area contributed by atoms with E-state index in [2.05, 4.69) is 20.3 Å². The number of nitrogens with zero attached hydrogens (tertiary/aromatic N) is 5. The summed E-state index contributed by atoms with van der Waals surface area (Å²) in [6, 6.07) is 0. The third-order valence-electron chi connectivity index (χ3n) is 3.91. The number of hydrogen-bond acceptors (Lipinski definition) is 8. The first-order valence-electron chi connectivity index (χ1n) is 7.71. The van der Waals surface area contributed by atoms with Crippen LogP contribution in [0.1, 0.15) is 50.6 Å². The van der Waals surface area contributed by atoms with Crippen LogP contribution >= 0.6 is 11.8 Å². The van der Waals surface area contributed by atoms with Gasteiger partial charge in [-0.15, -0.1) is 10.2 Å². The van der Waals surface area contributed by atoms with Crippen LogP contribution in [-0.2, 0) is 28.1 Å². The first-order chi connectivity index (χ1) is 11.2. The molecule has 3 rings (SSSR count). The average molecular weight is 371 g/mol. The normalized spacial score (nSPS) is 20.6. The highest BCUT2D eigenvalue weighted by Gasteiger charge is 2.32. The van der Waals surface area contributed by atoms with E-state index in [9.17, 15) is 8.42 Å². The minimum atomic E-state index is -2.94. The van der Waals surface area contributed by atoms with Crippen molar-refractivity contribution in [3.05, 3.63) is 17.5 Å². The average Bonchev–Trinajstić information content (AvgIpc) is 3.15. The summed E-state index contributed by atoms with van der Waals surface area (Å²) in [4.78, 5) is 4.39. The van der Waals surface area contributed by atoms with Gasteiger partial charge in [0.1, 0.15) is 5.82 Å². The Morgan fingerprint density at radius 1 is 1.33 bits per heavy atom. The highest BCUT2D eigenvalue weighted by molar-refractivity contribution is 7.98. The number of aromatic nitrogens is 5. The van der Waals surface area contributed by atoms with Gasteiger partial charge in [-0.25, -0.2) is 8.42 Å². The summed E-state index contributed by atoms with van der Waals surface area (Å²) >= 11 is 1.46. The summed E-state index contributed by atoms with van der Waals surface area (Å²) in [7, 11) is -1.08. The van der Waals surface area contributed by atoms with Crippen molar-refractivity contribution in [2.75, 3.05) is 11.5 Å². The highest BCUT2D eigenvalue weighted by atomic mass is 32.2. The van der Waals surface area contributed by atoms with Gasteiger partial charge in [-0.05, 0) is 6.42 Å². The van der Waals surface area contributed by atoms with Crippen molar-refractivity contribution in [2.24, 2.45) is 7.05 Å². The summed E-state index contributed by atoms with van der Waals surface area (Å²) in [5.41, 5.74) is -0.179. The highest BCUT2D eigenvalue weighted by Crippen LogP contribution is 2.30. The van der Waals surface area contributed by atoms with Gasteiger partial charge in [0.05, 0.1) is 17.3 Å². The Morgan fingerprint density at radius 2 is 2.08 bits per heavy atom. The van der Waals surface area contributed by atoms with Crippen LogP contribution in [0.15, 0.2) is 9.68 Å². The molecule has 1 fully saturated rings. The predicted octanol–water partition coefficient (Wildman–Crippen LogP) is 1.69. The Hall–Kier alpha value is -1.42. The molecular formula is C14H21N5O3S2. The van der Waals surface area contributed by atoms with Crippen LogP contribution in [0.25, 0.3) is 0 Å². The summed E-state index contributed by atoms with van der Waals surface area (Å²) in [6.45, 7) is 6.05. The number of hydrogen-bond donors (Lipinski definition) is 0. The van der Waals surface area contributed by atoms with Gasteiger partial charge in [0, 0.05) is 18.4 Å². The van der Waals surface area contributed by atoms with Crippen molar-refractivity contribution < 1.29 is 12.9 Å². The van der Waals surface area contributed by atoms with Crippen LogP contribution < -0.4 is 0 Å². The smallest absolute Gasteiger partial charge is 0.232 e. The second-order valence-corrected chi connectivity index (χ2v) is 10.2. The summed E-state index contributed by atoms with van der Waals surface area (Å²) in [6.07, 6.45) is 0.610. The predicted molar refractivity (Wildman–Crippen MR) is 89.6 cm³/mol. The molecule has 2 aromatic rings. The van der Waals surface area contributed by atoms with Crippen molar-refractivity contribution in [1.82, 2.24) is 24.9 Å². The van der Waals surface area contributed by atoms with Gasteiger partial charge in [0.25, 0.3) is 0 Å². The molecule has 1 aliphatic heterocycles. The fourth-order valence-electron chi connectivity index (χ4n) is 2.55. The van der Waals surface area contributed by atoms with Gasteiger partial charge < -0.3 is 9.09 Å². The summed E-state index contributed by atoms with van der Waals surface area (Å²) in [5, 5.41) is 13.1. The van der Waals surface area contributed by atoms with E-state index in [0.29, 0.717) is 23.9 Å². The maximum atomic E-state index is 11.6. The van der Waals surface area contributed by atoms with Gasteiger partial charge in [-0.3, -0.25) is 0 Å². The monoisotopic (exact) mass is 371 g/mol. The lowest BCUT2D eigenvalue weighted by Crippen LogP contribution is -2.11. The second kappa shape index (κ2) is 6.14. The van der Waals surface area contributed by atoms with Crippen molar-refractivity contribution in [3.8, 4) is 0 Å². The maximum absolute atomic E-state index is 11.6. The molecule has 1 saturated heterocycles. The number of rotatable bonds is 4. The Bertz CT molecular complexity index is 835. The fraction of sp³-hybridized carbons (Fsp3) is 0.714. The number of sulfone groups is 1. The molecule has 24 heavy (non-hydrogen) atoms. The molecule has 132 valence electrons. The Balaban J connectivity index is 1.68. The maximum Gasteiger partial charge on any atom is 0.232 e. The molecule has 0 unspecified atom stereocenters. The molecule has 1 aliphatic rings. The summed E-state index contributed by atoms with van der Waals surface area (Å²) < 4.78 is 30.4. The van der Waals surface area contributed by atoms with Crippen LogP contribution in [0.3, 0.4) is 0 Å². The molecular weight excluding hydrogens is 350 g/mol. The molecule has 0 bridgehead atoms. The van der Waals surface area contributed by atoms with E-state index in [1.165, 1.54) is 11.8 Å². The van der Waals surface area contributed by atoms with E-state index in [-0.39, 0.29) is 22.8 Å². The molecule has 3 heterocycles. The van der Waals surface area contributed by atoms with Crippen LogP contribution in [0.2, 0.25) is 0 Å². The Morgan fingerprint density at radius 3 is 2.67 bits per heavy atom. The van der Waals surface area contributed by atoms with Gasteiger partial charge in [0.2, 0.25) is 5.89 Å².